The number of para-hydroxylation sites is 1. The first-order valence-corrected chi connectivity index (χ1v) is 9.34. The molecule has 3 heteroatoms. The monoisotopic (exact) mass is 336 g/mol. The minimum absolute atomic E-state index is 0.0509. The second kappa shape index (κ2) is 8.30. The van der Waals surface area contributed by atoms with Crippen molar-refractivity contribution in [3.05, 3.63) is 65.7 Å². The van der Waals surface area contributed by atoms with E-state index in [-0.39, 0.29) is 5.91 Å². The standard InChI is InChI=1S/C22H28N2O/c1-17(2)24(21-13-6-7-14-21)16-18-9-8-10-19(15-18)22(25)23-20-11-4-3-5-12-20/h3-5,8-12,15,17,21H,6-7,13-14,16H2,1-2H3,(H,23,25). The van der Waals surface area contributed by atoms with E-state index >= 15 is 0 Å². The van der Waals surface area contributed by atoms with Crippen molar-refractivity contribution in [1.82, 2.24) is 4.90 Å². The van der Waals surface area contributed by atoms with Crippen molar-refractivity contribution in [2.75, 3.05) is 5.32 Å². The van der Waals surface area contributed by atoms with Gasteiger partial charge in [0.15, 0.2) is 0 Å². The van der Waals surface area contributed by atoms with Crippen LogP contribution in [-0.2, 0) is 6.54 Å². The van der Waals surface area contributed by atoms with E-state index < -0.39 is 0 Å². The first-order valence-electron chi connectivity index (χ1n) is 9.34. The highest BCUT2D eigenvalue weighted by Gasteiger charge is 2.24. The SMILES string of the molecule is CC(C)N(Cc1cccc(C(=O)Nc2ccccc2)c1)C1CCCC1. The first-order chi connectivity index (χ1) is 12.1. The van der Waals surface area contributed by atoms with Gasteiger partial charge in [-0.15, -0.1) is 0 Å². The number of amides is 1. The van der Waals surface area contributed by atoms with Gasteiger partial charge in [-0.1, -0.05) is 43.2 Å². The van der Waals surface area contributed by atoms with Crippen LogP contribution in [0.1, 0.15) is 55.5 Å². The number of nitrogens with one attached hydrogen (secondary N) is 1. The van der Waals surface area contributed by atoms with Gasteiger partial charge in [-0.05, 0) is 56.5 Å². The van der Waals surface area contributed by atoms with E-state index in [0.29, 0.717) is 12.1 Å². The summed E-state index contributed by atoms with van der Waals surface area (Å²) in [6.07, 6.45) is 5.28. The van der Waals surface area contributed by atoms with Gasteiger partial charge in [0, 0.05) is 29.9 Å². The van der Waals surface area contributed by atoms with Gasteiger partial charge in [0.1, 0.15) is 0 Å². The highest BCUT2D eigenvalue weighted by Crippen LogP contribution is 2.26. The molecule has 0 radical (unpaired) electrons. The largest absolute Gasteiger partial charge is 0.322 e. The molecule has 0 heterocycles. The highest BCUT2D eigenvalue weighted by atomic mass is 16.1. The summed E-state index contributed by atoms with van der Waals surface area (Å²) in [5.74, 6) is -0.0509. The van der Waals surface area contributed by atoms with Gasteiger partial charge in [-0.2, -0.15) is 0 Å². The third kappa shape index (κ3) is 4.70. The molecule has 2 aromatic rings. The zero-order valence-corrected chi connectivity index (χ0v) is 15.2. The molecular weight excluding hydrogens is 308 g/mol. The lowest BCUT2D eigenvalue weighted by molar-refractivity contribution is 0.102. The molecule has 1 fully saturated rings. The molecule has 1 amide bonds. The Morgan fingerprint density at radius 3 is 2.48 bits per heavy atom. The van der Waals surface area contributed by atoms with E-state index in [4.69, 9.17) is 0 Å². The van der Waals surface area contributed by atoms with Crippen molar-refractivity contribution in [2.45, 2.75) is 58.2 Å². The van der Waals surface area contributed by atoms with Crippen molar-refractivity contribution in [2.24, 2.45) is 0 Å². The Balaban J connectivity index is 1.70. The van der Waals surface area contributed by atoms with Crippen LogP contribution in [0.2, 0.25) is 0 Å². The van der Waals surface area contributed by atoms with Crippen LogP contribution in [0.15, 0.2) is 54.6 Å². The fourth-order valence-corrected chi connectivity index (χ4v) is 3.72. The summed E-state index contributed by atoms with van der Waals surface area (Å²) in [6, 6.07) is 18.8. The maximum Gasteiger partial charge on any atom is 0.255 e. The Morgan fingerprint density at radius 1 is 1.08 bits per heavy atom. The van der Waals surface area contributed by atoms with Crippen LogP contribution < -0.4 is 5.32 Å². The van der Waals surface area contributed by atoms with Crippen LogP contribution in [0.3, 0.4) is 0 Å². The average Bonchev–Trinajstić information content (AvgIpc) is 3.15. The number of carbonyl (C=O) groups excluding carboxylic acids is 1. The lowest BCUT2D eigenvalue weighted by Crippen LogP contribution is -2.38. The van der Waals surface area contributed by atoms with Gasteiger partial charge in [0.2, 0.25) is 0 Å². The smallest absolute Gasteiger partial charge is 0.255 e. The molecule has 0 aromatic heterocycles. The number of hydrogen-bond acceptors (Lipinski definition) is 2. The molecule has 0 aliphatic heterocycles. The predicted molar refractivity (Wildman–Crippen MR) is 104 cm³/mol. The fourth-order valence-electron chi connectivity index (χ4n) is 3.72. The van der Waals surface area contributed by atoms with E-state index in [1.54, 1.807) is 0 Å². The summed E-state index contributed by atoms with van der Waals surface area (Å²) in [7, 11) is 0. The van der Waals surface area contributed by atoms with Gasteiger partial charge < -0.3 is 5.32 Å². The molecule has 0 atom stereocenters. The highest BCUT2D eigenvalue weighted by molar-refractivity contribution is 6.04. The van der Waals surface area contributed by atoms with Crippen LogP contribution >= 0.6 is 0 Å². The minimum Gasteiger partial charge on any atom is -0.322 e. The molecule has 1 N–H and O–H groups in total. The second-order valence-electron chi connectivity index (χ2n) is 7.22. The topological polar surface area (TPSA) is 32.3 Å². The number of carbonyl (C=O) groups is 1. The molecule has 1 aliphatic rings. The number of hydrogen-bond donors (Lipinski definition) is 1. The summed E-state index contributed by atoms with van der Waals surface area (Å²) in [5, 5.41) is 2.96. The van der Waals surface area contributed by atoms with Crippen LogP contribution in [0, 0.1) is 0 Å². The Morgan fingerprint density at radius 2 is 1.80 bits per heavy atom. The molecule has 132 valence electrons. The third-order valence-corrected chi connectivity index (χ3v) is 5.04. The summed E-state index contributed by atoms with van der Waals surface area (Å²) >= 11 is 0. The zero-order valence-electron chi connectivity index (χ0n) is 15.2. The molecule has 2 aromatic carbocycles. The normalized spacial score (nSPS) is 15.0. The maximum absolute atomic E-state index is 12.5. The summed E-state index contributed by atoms with van der Waals surface area (Å²) in [4.78, 5) is 15.1. The Bertz CT molecular complexity index is 690. The molecular formula is C22H28N2O. The Labute approximate surface area is 151 Å². The first kappa shape index (κ1) is 17.7. The van der Waals surface area contributed by atoms with Gasteiger partial charge in [-0.25, -0.2) is 0 Å². The van der Waals surface area contributed by atoms with E-state index in [2.05, 4.69) is 30.1 Å². The van der Waals surface area contributed by atoms with Crippen molar-refractivity contribution >= 4 is 11.6 Å². The van der Waals surface area contributed by atoms with Crippen LogP contribution in [0.5, 0.6) is 0 Å². The van der Waals surface area contributed by atoms with Gasteiger partial charge in [0.05, 0.1) is 0 Å². The van der Waals surface area contributed by atoms with Crippen molar-refractivity contribution in [3.63, 3.8) is 0 Å². The predicted octanol–water partition coefficient (Wildman–Crippen LogP) is 5.09. The lowest BCUT2D eigenvalue weighted by atomic mass is 10.1. The Hall–Kier alpha value is -2.13. The van der Waals surface area contributed by atoms with Crippen LogP contribution in [0.4, 0.5) is 5.69 Å². The molecule has 3 nitrogen and oxygen atoms in total. The van der Waals surface area contributed by atoms with E-state index in [9.17, 15) is 4.79 Å². The van der Waals surface area contributed by atoms with Gasteiger partial charge in [0.25, 0.3) is 5.91 Å². The van der Waals surface area contributed by atoms with E-state index in [1.165, 1.54) is 31.2 Å². The number of benzene rings is 2. The molecule has 0 unspecified atom stereocenters. The van der Waals surface area contributed by atoms with Crippen LogP contribution in [-0.4, -0.2) is 22.9 Å². The van der Waals surface area contributed by atoms with Crippen LogP contribution in [0.25, 0.3) is 0 Å². The number of nitrogens with zero attached hydrogens (tertiary/aromatic N) is 1. The number of rotatable bonds is 6. The van der Waals surface area contributed by atoms with Crippen molar-refractivity contribution < 1.29 is 4.79 Å². The van der Waals surface area contributed by atoms with Crippen molar-refractivity contribution in [1.29, 1.82) is 0 Å². The molecule has 25 heavy (non-hydrogen) atoms. The quantitative estimate of drug-likeness (QED) is 0.796. The minimum atomic E-state index is -0.0509. The number of anilines is 1. The van der Waals surface area contributed by atoms with Gasteiger partial charge in [-0.3, -0.25) is 9.69 Å². The summed E-state index contributed by atoms with van der Waals surface area (Å²) < 4.78 is 0. The molecule has 1 aliphatic carbocycles. The molecule has 1 saturated carbocycles. The fraction of sp³-hybridized carbons (Fsp3) is 0.409. The summed E-state index contributed by atoms with van der Waals surface area (Å²) in [6.45, 7) is 5.45. The van der Waals surface area contributed by atoms with Crippen molar-refractivity contribution in [3.8, 4) is 0 Å². The zero-order chi connectivity index (χ0) is 17.6. The molecule has 0 bridgehead atoms. The molecule has 0 saturated heterocycles. The van der Waals surface area contributed by atoms with E-state index in [1.807, 2.05) is 48.5 Å². The summed E-state index contributed by atoms with van der Waals surface area (Å²) in [5.41, 5.74) is 2.76. The molecule has 0 spiro atoms. The van der Waals surface area contributed by atoms with Gasteiger partial charge >= 0.3 is 0 Å². The Kier molecular flexibility index (Phi) is 5.87. The maximum atomic E-state index is 12.5. The lowest BCUT2D eigenvalue weighted by Gasteiger charge is -2.32. The third-order valence-electron chi connectivity index (χ3n) is 5.04. The second-order valence-corrected chi connectivity index (χ2v) is 7.22. The molecule has 3 rings (SSSR count). The van der Waals surface area contributed by atoms with E-state index in [0.717, 1.165) is 17.8 Å². The average molecular weight is 336 g/mol.